The van der Waals surface area contributed by atoms with Gasteiger partial charge in [-0.25, -0.2) is 0 Å². The number of aromatic nitrogens is 1. The maximum absolute atomic E-state index is 13.6. The van der Waals surface area contributed by atoms with E-state index < -0.39 is 0 Å². The zero-order valence-corrected chi connectivity index (χ0v) is 26.5. The molecule has 1 aromatic heterocycles. The van der Waals surface area contributed by atoms with Gasteiger partial charge < -0.3 is 4.90 Å². The number of hydrogen-bond donors (Lipinski definition) is 0. The number of rotatable bonds is 11. The molecular weight excluding hydrogens is 549 g/mol. The number of nitriles is 1. The van der Waals surface area contributed by atoms with Crippen molar-refractivity contribution < 1.29 is 4.79 Å². The van der Waals surface area contributed by atoms with E-state index in [0.29, 0.717) is 39.7 Å². The highest BCUT2D eigenvalue weighted by atomic mass is 32.2. The molecule has 1 unspecified atom stereocenters. The van der Waals surface area contributed by atoms with Gasteiger partial charge in [0, 0.05) is 31.7 Å². The molecule has 2 aromatic rings. The van der Waals surface area contributed by atoms with Crippen LogP contribution in [-0.2, 0) is 17.8 Å². The molecule has 218 valence electrons. The predicted octanol–water partition coefficient (Wildman–Crippen LogP) is 6.93. The van der Waals surface area contributed by atoms with Crippen molar-refractivity contribution in [3.8, 4) is 6.07 Å². The highest BCUT2D eigenvalue weighted by molar-refractivity contribution is 8.26. The molecular formula is C33H42N4O2S2. The fourth-order valence-electron chi connectivity index (χ4n) is 6.04. The van der Waals surface area contributed by atoms with Gasteiger partial charge in [-0.05, 0) is 68.6 Å². The molecule has 8 heteroatoms. The van der Waals surface area contributed by atoms with Gasteiger partial charge in [-0.15, -0.1) is 0 Å². The van der Waals surface area contributed by atoms with E-state index in [4.69, 9.17) is 12.2 Å². The van der Waals surface area contributed by atoms with E-state index in [9.17, 15) is 14.9 Å². The lowest BCUT2D eigenvalue weighted by atomic mass is 9.90. The Morgan fingerprint density at radius 2 is 1.85 bits per heavy atom. The Hall–Kier alpha value is -2.89. The van der Waals surface area contributed by atoms with Gasteiger partial charge in [0.1, 0.15) is 21.8 Å². The van der Waals surface area contributed by atoms with Gasteiger partial charge >= 0.3 is 0 Å². The number of amides is 1. The van der Waals surface area contributed by atoms with Crippen molar-refractivity contribution in [3.63, 3.8) is 0 Å². The Balaban J connectivity index is 1.66. The monoisotopic (exact) mass is 590 g/mol. The van der Waals surface area contributed by atoms with E-state index in [1.54, 1.807) is 9.47 Å². The van der Waals surface area contributed by atoms with Crippen LogP contribution in [0, 0.1) is 30.1 Å². The van der Waals surface area contributed by atoms with Gasteiger partial charge in [0.2, 0.25) is 0 Å². The van der Waals surface area contributed by atoms with Crippen LogP contribution in [0.4, 0.5) is 5.82 Å². The first-order valence-corrected chi connectivity index (χ1v) is 16.3. The Bertz CT molecular complexity index is 1380. The molecule has 3 heterocycles. The Labute approximate surface area is 254 Å². The summed E-state index contributed by atoms with van der Waals surface area (Å²) in [7, 11) is 0. The molecule has 0 radical (unpaired) electrons. The number of pyridine rings is 1. The van der Waals surface area contributed by atoms with Crippen LogP contribution in [0.5, 0.6) is 0 Å². The quantitative estimate of drug-likeness (QED) is 0.209. The highest BCUT2D eigenvalue weighted by Gasteiger charge is 2.34. The lowest BCUT2D eigenvalue weighted by Crippen LogP contribution is -2.39. The smallest absolute Gasteiger partial charge is 0.270 e. The van der Waals surface area contributed by atoms with Crippen molar-refractivity contribution in [2.45, 2.75) is 79.2 Å². The molecule has 0 spiro atoms. The van der Waals surface area contributed by atoms with Crippen molar-refractivity contribution in [3.05, 3.63) is 67.8 Å². The number of thioether (sulfide) groups is 1. The fourth-order valence-corrected chi connectivity index (χ4v) is 7.30. The summed E-state index contributed by atoms with van der Waals surface area (Å²) in [5.41, 5.74) is 2.64. The van der Waals surface area contributed by atoms with Crippen molar-refractivity contribution in [2.75, 3.05) is 24.5 Å². The third-order valence-corrected chi connectivity index (χ3v) is 9.95. The zero-order chi connectivity index (χ0) is 29.5. The van der Waals surface area contributed by atoms with E-state index in [-0.39, 0.29) is 17.0 Å². The Morgan fingerprint density at radius 3 is 2.46 bits per heavy atom. The SMILES string of the molecule is CCCCC(CC)CN1C(=O)C(=Cc2c(C)c(C#N)c(=O)n(CC)c2N2CCC(Cc3ccccc3)CC2)SC1=S. The maximum atomic E-state index is 13.6. The third-order valence-electron chi connectivity index (χ3n) is 8.58. The molecule has 2 saturated heterocycles. The van der Waals surface area contributed by atoms with Crippen molar-refractivity contribution in [2.24, 2.45) is 11.8 Å². The van der Waals surface area contributed by atoms with Gasteiger partial charge in [0.25, 0.3) is 11.5 Å². The van der Waals surface area contributed by atoms with Crippen molar-refractivity contribution in [1.82, 2.24) is 9.47 Å². The van der Waals surface area contributed by atoms with Crippen LogP contribution < -0.4 is 10.5 Å². The van der Waals surface area contributed by atoms with E-state index in [2.05, 4.69) is 49.1 Å². The predicted molar refractivity (Wildman–Crippen MR) is 174 cm³/mol. The molecule has 1 atom stereocenters. The summed E-state index contributed by atoms with van der Waals surface area (Å²) in [5, 5.41) is 9.92. The molecule has 1 aromatic carbocycles. The number of hydrogen-bond acceptors (Lipinski definition) is 6. The number of nitrogens with zero attached hydrogens (tertiary/aromatic N) is 4. The second kappa shape index (κ2) is 14.3. The van der Waals surface area contributed by atoms with Crippen LogP contribution >= 0.6 is 24.0 Å². The lowest BCUT2D eigenvalue weighted by molar-refractivity contribution is -0.122. The summed E-state index contributed by atoms with van der Waals surface area (Å²) in [4.78, 5) is 31.6. The summed E-state index contributed by atoms with van der Waals surface area (Å²) >= 11 is 7.00. The molecule has 2 aliphatic heterocycles. The molecule has 0 N–H and O–H groups in total. The molecule has 41 heavy (non-hydrogen) atoms. The minimum atomic E-state index is -0.264. The summed E-state index contributed by atoms with van der Waals surface area (Å²) in [6, 6.07) is 12.7. The summed E-state index contributed by atoms with van der Waals surface area (Å²) in [6.45, 7) is 10.8. The van der Waals surface area contributed by atoms with E-state index >= 15 is 0 Å². The first-order chi connectivity index (χ1) is 19.8. The first-order valence-electron chi connectivity index (χ1n) is 15.0. The molecule has 0 aliphatic carbocycles. The van der Waals surface area contributed by atoms with Crippen LogP contribution in [-0.4, -0.2) is 39.3 Å². The van der Waals surface area contributed by atoms with Crippen molar-refractivity contribution in [1.29, 1.82) is 5.26 Å². The molecule has 6 nitrogen and oxygen atoms in total. The number of carbonyl (C=O) groups excluding carboxylic acids is 1. The second-order valence-electron chi connectivity index (χ2n) is 11.2. The number of unbranched alkanes of at least 4 members (excludes halogenated alkanes) is 1. The van der Waals surface area contributed by atoms with Crippen LogP contribution in [0.1, 0.15) is 81.5 Å². The van der Waals surface area contributed by atoms with Gasteiger partial charge in [0.05, 0.1) is 4.91 Å². The minimum absolute atomic E-state index is 0.0744. The Morgan fingerprint density at radius 1 is 1.15 bits per heavy atom. The van der Waals surface area contributed by atoms with Crippen molar-refractivity contribution >= 4 is 46.1 Å². The van der Waals surface area contributed by atoms with Crippen LogP contribution in [0.2, 0.25) is 0 Å². The summed E-state index contributed by atoms with van der Waals surface area (Å²) < 4.78 is 2.30. The molecule has 0 bridgehead atoms. The third kappa shape index (κ3) is 6.95. The molecule has 2 aliphatic rings. The van der Waals surface area contributed by atoms with Crippen LogP contribution in [0.3, 0.4) is 0 Å². The number of carbonyl (C=O) groups is 1. The highest BCUT2D eigenvalue weighted by Crippen LogP contribution is 2.37. The van der Waals surface area contributed by atoms with Gasteiger partial charge in [-0.1, -0.05) is 87.4 Å². The van der Waals surface area contributed by atoms with E-state index in [0.717, 1.165) is 69.4 Å². The first kappa shape index (κ1) is 31.1. The number of benzene rings is 1. The number of piperidine rings is 1. The van der Waals surface area contributed by atoms with E-state index in [1.165, 1.54) is 17.3 Å². The normalized spacial score (nSPS) is 17.9. The average molecular weight is 591 g/mol. The topological polar surface area (TPSA) is 69.3 Å². The minimum Gasteiger partial charge on any atom is -0.357 e. The molecule has 0 saturated carbocycles. The van der Waals surface area contributed by atoms with Gasteiger partial charge in [-0.2, -0.15) is 5.26 Å². The van der Waals surface area contributed by atoms with Crippen LogP contribution in [0.15, 0.2) is 40.0 Å². The fraction of sp³-hybridized carbons (Fsp3) is 0.515. The van der Waals surface area contributed by atoms with Gasteiger partial charge in [0.15, 0.2) is 0 Å². The number of anilines is 1. The summed E-state index contributed by atoms with van der Waals surface area (Å²) in [5.74, 6) is 1.73. The number of thiocarbonyl (C=S) groups is 1. The standard InChI is InChI=1S/C33H42N4O2S2/c1-5-8-12-24(6-2)22-37-32(39)29(41-33(37)40)20-27-23(4)28(21-34)31(38)36(7-3)30(27)35-17-15-26(16-18-35)19-25-13-10-9-11-14-25/h9-11,13-14,20,24,26H,5-8,12,15-19,22H2,1-4H3. The van der Waals surface area contributed by atoms with Gasteiger partial charge in [-0.3, -0.25) is 19.1 Å². The second-order valence-corrected chi connectivity index (χ2v) is 12.9. The van der Waals surface area contributed by atoms with Crippen LogP contribution in [0.25, 0.3) is 6.08 Å². The zero-order valence-electron chi connectivity index (χ0n) is 24.8. The average Bonchev–Trinajstić information content (AvgIpc) is 3.24. The summed E-state index contributed by atoms with van der Waals surface area (Å²) in [6.07, 6.45) is 9.34. The molecule has 1 amide bonds. The molecule has 4 rings (SSSR count). The molecule has 2 fully saturated rings. The lowest BCUT2D eigenvalue weighted by Gasteiger charge is -2.36. The maximum Gasteiger partial charge on any atom is 0.270 e. The van der Waals surface area contributed by atoms with E-state index in [1.807, 2.05) is 26.0 Å². The largest absolute Gasteiger partial charge is 0.357 e. The Kier molecular flexibility index (Phi) is 10.9.